The van der Waals surface area contributed by atoms with Crippen LogP contribution in [0.5, 0.6) is 11.5 Å². The van der Waals surface area contributed by atoms with Gasteiger partial charge in [-0.05, 0) is 41.1 Å². The Kier molecular flexibility index (Phi) is 5.31. The van der Waals surface area contributed by atoms with Crippen LogP contribution in [0.3, 0.4) is 0 Å². The van der Waals surface area contributed by atoms with E-state index < -0.39 is 10.4 Å². The summed E-state index contributed by atoms with van der Waals surface area (Å²) in [6.45, 7) is 0. The number of nitrogens with one attached hydrogen (secondary N) is 1. The molecule has 0 aliphatic heterocycles. The molecule has 0 aliphatic rings. The zero-order valence-electron chi connectivity index (χ0n) is 16.1. The van der Waals surface area contributed by atoms with E-state index in [1.54, 1.807) is 13.2 Å². The number of ether oxygens (including phenoxy) is 1. The van der Waals surface area contributed by atoms with Crippen molar-refractivity contribution in [3.05, 3.63) is 84.9 Å². The van der Waals surface area contributed by atoms with E-state index >= 15 is 0 Å². The summed E-state index contributed by atoms with van der Waals surface area (Å²) in [5.74, 6) is 0.533. The molecule has 0 radical (unpaired) electrons. The van der Waals surface area contributed by atoms with Crippen LogP contribution in [0.1, 0.15) is 0 Å². The lowest BCUT2D eigenvalue weighted by Gasteiger charge is -2.17. The van der Waals surface area contributed by atoms with E-state index in [9.17, 15) is 13.0 Å². The van der Waals surface area contributed by atoms with E-state index in [4.69, 9.17) is 8.92 Å². The van der Waals surface area contributed by atoms with Gasteiger partial charge in [0, 0.05) is 28.6 Å². The van der Waals surface area contributed by atoms with Crippen LogP contribution in [0.4, 0.5) is 11.4 Å². The molecule has 0 bridgehead atoms. The molecule has 6 nitrogen and oxygen atoms in total. The van der Waals surface area contributed by atoms with Crippen molar-refractivity contribution in [1.29, 1.82) is 0 Å². The minimum Gasteiger partial charge on any atom is -0.496 e. The van der Waals surface area contributed by atoms with Crippen molar-refractivity contribution < 1.29 is 21.9 Å². The van der Waals surface area contributed by atoms with E-state index in [1.165, 1.54) is 6.07 Å². The van der Waals surface area contributed by atoms with Crippen LogP contribution in [0.15, 0.2) is 84.9 Å². The Morgan fingerprint density at radius 3 is 2.27 bits per heavy atom. The van der Waals surface area contributed by atoms with Gasteiger partial charge in [0.2, 0.25) is 0 Å². The first-order chi connectivity index (χ1) is 14.4. The van der Waals surface area contributed by atoms with Crippen molar-refractivity contribution in [1.82, 2.24) is 0 Å². The molecule has 30 heavy (non-hydrogen) atoms. The quantitative estimate of drug-likeness (QED) is 0.403. The van der Waals surface area contributed by atoms with Gasteiger partial charge < -0.3 is 14.2 Å². The van der Waals surface area contributed by atoms with Crippen LogP contribution < -0.4 is 14.2 Å². The summed E-state index contributed by atoms with van der Waals surface area (Å²) >= 11 is 0. The number of hydrogen-bond donors (Lipinski definition) is 2. The third-order valence-corrected chi connectivity index (χ3v) is 5.01. The highest BCUT2D eigenvalue weighted by molar-refractivity contribution is 7.81. The first kappa shape index (κ1) is 19.8. The molecule has 7 heteroatoms. The molecule has 4 rings (SSSR count). The SMILES string of the molecule is COc1cc(Nc2ccccc2)ccc1-c1c(OS(=O)(=O)O)ccc2ccccc12. The van der Waals surface area contributed by atoms with Crippen LogP contribution in [0.2, 0.25) is 0 Å². The fraction of sp³-hybridized carbons (Fsp3) is 0.0435. The lowest BCUT2D eigenvalue weighted by Crippen LogP contribution is -2.08. The van der Waals surface area contributed by atoms with Gasteiger partial charge in [-0.25, -0.2) is 0 Å². The van der Waals surface area contributed by atoms with E-state index in [0.717, 1.165) is 22.1 Å². The molecule has 2 N–H and O–H groups in total. The van der Waals surface area contributed by atoms with Crippen LogP contribution >= 0.6 is 0 Å². The van der Waals surface area contributed by atoms with Gasteiger partial charge >= 0.3 is 10.4 Å². The molecular formula is C23H19NO5S. The number of benzene rings is 4. The monoisotopic (exact) mass is 421 g/mol. The number of para-hydroxylation sites is 1. The van der Waals surface area contributed by atoms with Gasteiger partial charge in [-0.15, -0.1) is 0 Å². The average Bonchev–Trinajstić information content (AvgIpc) is 2.73. The summed E-state index contributed by atoms with van der Waals surface area (Å²) < 4.78 is 42.6. The molecule has 0 amide bonds. The Hall–Kier alpha value is -3.55. The van der Waals surface area contributed by atoms with Crippen LogP contribution in [0.25, 0.3) is 21.9 Å². The molecule has 4 aromatic rings. The highest BCUT2D eigenvalue weighted by Gasteiger charge is 2.19. The summed E-state index contributed by atoms with van der Waals surface area (Å²) in [5.41, 5.74) is 2.87. The third kappa shape index (κ3) is 4.22. The van der Waals surface area contributed by atoms with Crippen LogP contribution in [-0.2, 0) is 10.4 Å². The molecule has 152 valence electrons. The molecule has 0 fully saturated rings. The van der Waals surface area contributed by atoms with Crippen molar-refractivity contribution in [2.45, 2.75) is 0 Å². The first-order valence-electron chi connectivity index (χ1n) is 9.14. The minimum atomic E-state index is -4.70. The molecular weight excluding hydrogens is 402 g/mol. The van der Waals surface area contributed by atoms with Gasteiger partial charge in [0.1, 0.15) is 5.75 Å². The van der Waals surface area contributed by atoms with Crippen molar-refractivity contribution >= 4 is 32.5 Å². The molecule has 0 saturated carbocycles. The fourth-order valence-electron chi connectivity index (χ4n) is 3.38. The summed E-state index contributed by atoms with van der Waals surface area (Å²) in [7, 11) is -3.16. The molecule has 0 aliphatic carbocycles. The molecule has 0 unspecified atom stereocenters. The Labute approximate surface area is 174 Å². The maximum Gasteiger partial charge on any atom is 0.446 e. The summed E-state index contributed by atoms with van der Waals surface area (Å²) in [4.78, 5) is 0. The van der Waals surface area contributed by atoms with Crippen LogP contribution in [-0.4, -0.2) is 20.1 Å². The van der Waals surface area contributed by atoms with Crippen molar-refractivity contribution in [2.75, 3.05) is 12.4 Å². The topological polar surface area (TPSA) is 84.9 Å². The van der Waals surface area contributed by atoms with Gasteiger partial charge in [-0.3, -0.25) is 4.55 Å². The molecule has 0 heterocycles. The Bertz CT molecular complexity index is 1300. The largest absolute Gasteiger partial charge is 0.496 e. The zero-order chi connectivity index (χ0) is 21.1. The number of rotatable bonds is 6. The maximum absolute atomic E-state index is 11.4. The number of fused-ring (bicyclic) bond motifs is 1. The zero-order valence-corrected chi connectivity index (χ0v) is 16.9. The molecule has 0 saturated heterocycles. The normalized spacial score (nSPS) is 11.3. The standard InChI is InChI=1S/C23H19NO5S/c1-28-22-15-18(24-17-8-3-2-4-9-17)12-13-20(22)23-19-10-6-5-7-16(19)11-14-21(23)29-30(25,26)27/h2-15,24H,1H3,(H,25,26,27). The van der Waals surface area contributed by atoms with Gasteiger partial charge in [0.05, 0.1) is 7.11 Å². The van der Waals surface area contributed by atoms with Gasteiger partial charge in [-0.2, -0.15) is 8.42 Å². The van der Waals surface area contributed by atoms with Crippen molar-refractivity contribution in [3.8, 4) is 22.6 Å². The lowest BCUT2D eigenvalue weighted by atomic mass is 9.96. The molecule has 0 spiro atoms. The van der Waals surface area contributed by atoms with E-state index in [2.05, 4.69) is 5.32 Å². The van der Waals surface area contributed by atoms with Gasteiger partial charge in [-0.1, -0.05) is 48.5 Å². The Morgan fingerprint density at radius 1 is 0.800 bits per heavy atom. The van der Waals surface area contributed by atoms with Gasteiger partial charge in [0.25, 0.3) is 0 Å². The second-order valence-corrected chi connectivity index (χ2v) is 7.60. The second kappa shape index (κ2) is 8.06. The fourth-order valence-corrected chi connectivity index (χ4v) is 3.74. The Balaban J connectivity index is 1.87. The predicted molar refractivity (Wildman–Crippen MR) is 118 cm³/mol. The third-order valence-electron chi connectivity index (χ3n) is 4.62. The maximum atomic E-state index is 11.4. The van der Waals surface area contributed by atoms with E-state index in [-0.39, 0.29) is 5.75 Å². The highest BCUT2D eigenvalue weighted by atomic mass is 32.3. The Morgan fingerprint density at radius 2 is 1.53 bits per heavy atom. The first-order valence-corrected chi connectivity index (χ1v) is 10.5. The second-order valence-electron chi connectivity index (χ2n) is 6.58. The summed E-state index contributed by atoms with van der Waals surface area (Å²) in [6.07, 6.45) is 0. The molecule has 4 aromatic carbocycles. The average molecular weight is 421 g/mol. The van der Waals surface area contributed by atoms with Crippen LogP contribution in [0, 0.1) is 0 Å². The number of methoxy groups -OCH3 is 1. The van der Waals surface area contributed by atoms with E-state index in [1.807, 2.05) is 72.8 Å². The number of anilines is 2. The van der Waals surface area contributed by atoms with Crippen molar-refractivity contribution in [2.24, 2.45) is 0 Å². The molecule has 0 atom stereocenters. The molecule has 0 aromatic heterocycles. The number of hydrogen-bond acceptors (Lipinski definition) is 5. The summed E-state index contributed by atoms with van der Waals surface area (Å²) in [6, 6.07) is 26.0. The summed E-state index contributed by atoms with van der Waals surface area (Å²) in [5, 5.41) is 4.96. The highest BCUT2D eigenvalue weighted by Crippen LogP contribution is 2.43. The smallest absolute Gasteiger partial charge is 0.446 e. The van der Waals surface area contributed by atoms with Gasteiger partial charge in [0.15, 0.2) is 5.75 Å². The lowest BCUT2D eigenvalue weighted by molar-refractivity contribution is 0.387. The van der Waals surface area contributed by atoms with Crippen molar-refractivity contribution in [3.63, 3.8) is 0 Å². The predicted octanol–water partition coefficient (Wildman–Crippen LogP) is 5.44. The minimum absolute atomic E-state index is 0.0123. The van der Waals surface area contributed by atoms with E-state index in [0.29, 0.717) is 16.9 Å².